The minimum atomic E-state index is -0.396. The number of hydrogen-bond donors (Lipinski definition) is 0. The van der Waals surface area contributed by atoms with Crippen LogP contribution in [0.3, 0.4) is 0 Å². The van der Waals surface area contributed by atoms with Crippen LogP contribution >= 0.6 is 11.3 Å². The van der Waals surface area contributed by atoms with E-state index in [0.29, 0.717) is 19.6 Å². The quantitative estimate of drug-likeness (QED) is 0.746. The average Bonchev–Trinajstić information content (AvgIpc) is 3.37. The van der Waals surface area contributed by atoms with Gasteiger partial charge in [-0.1, -0.05) is 41.7 Å². The van der Waals surface area contributed by atoms with E-state index in [2.05, 4.69) is 10.2 Å². The van der Waals surface area contributed by atoms with Gasteiger partial charge in [0.15, 0.2) is 0 Å². The molecule has 3 aliphatic rings. The van der Waals surface area contributed by atoms with Crippen molar-refractivity contribution in [1.29, 1.82) is 0 Å². The Kier molecular flexibility index (Phi) is 4.19. The summed E-state index contributed by atoms with van der Waals surface area (Å²) in [5, 5.41) is 10.0. The highest BCUT2D eigenvalue weighted by atomic mass is 32.1. The zero-order chi connectivity index (χ0) is 18.4. The molecule has 3 fully saturated rings. The van der Waals surface area contributed by atoms with Crippen molar-refractivity contribution in [1.82, 2.24) is 20.0 Å². The fourth-order valence-corrected chi connectivity index (χ4v) is 5.06. The van der Waals surface area contributed by atoms with Gasteiger partial charge in [-0.15, -0.1) is 10.2 Å². The van der Waals surface area contributed by atoms with Crippen LogP contribution in [-0.4, -0.2) is 50.9 Å². The van der Waals surface area contributed by atoms with Crippen molar-refractivity contribution >= 4 is 23.2 Å². The molecule has 6 nitrogen and oxygen atoms in total. The van der Waals surface area contributed by atoms with Crippen molar-refractivity contribution in [3.8, 4) is 10.6 Å². The summed E-state index contributed by atoms with van der Waals surface area (Å²) in [7, 11) is 0. The van der Waals surface area contributed by atoms with Crippen LogP contribution < -0.4 is 0 Å². The van der Waals surface area contributed by atoms with E-state index in [-0.39, 0.29) is 11.9 Å². The van der Waals surface area contributed by atoms with E-state index >= 15 is 0 Å². The molecule has 2 heterocycles. The molecule has 7 heteroatoms. The van der Waals surface area contributed by atoms with Crippen molar-refractivity contribution in [3.05, 3.63) is 35.3 Å². The molecule has 0 unspecified atom stereocenters. The molecule has 2 saturated carbocycles. The van der Waals surface area contributed by atoms with Crippen LogP contribution in [0.5, 0.6) is 0 Å². The lowest BCUT2D eigenvalue weighted by Gasteiger charge is -2.45. The number of hydrogen-bond acceptors (Lipinski definition) is 5. The van der Waals surface area contributed by atoms with Gasteiger partial charge in [-0.3, -0.25) is 9.59 Å². The SMILES string of the molecule is O=C1C(=O)N(C2CC(C3CC3)C2)CCN1Cc1nnc(-c2ccccc2)s1. The van der Waals surface area contributed by atoms with Crippen LogP contribution in [0.25, 0.3) is 10.6 Å². The number of amides is 2. The van der Waals surface area contributed by atoms with Crippen LogP contribution in [0, 0.1) is 11.8 Å². The Bertz CT molecular complexity index is 858. The van der Waals surface area contributed by atoms with Gasteiger partial charge in [-0.05, 0) is 37.5 Å². The zero-order valence-electron chi connectivity index (χ0n) is 15.1. The summed E-state index contributed by atoms with van der Waals surface area (Å²) in [6.45, 7) is 1.57. The van der Waals surface area contributed by atoms with Gasteiger partial charge in [0.05, 0.1) is 6.54 Å². The summed E-state index contributed by atoms with van der Waals surface area (Å²) < 4.78 is 0. The topological polar surface area (TPSA) is 66.4 Å². The predicted octanol–water partition coefficient (Wildman–Crippen LogP) is 2.56. The molecule has 1 aromatic heterocycles. The number of aromatic nitrogens is 2. The second-order valence-corrected chi connectivity index (χ2v) is 8.88. The summed E-state index contributed by atoms with van der Waals surface area (Å²) >= 11 is 1.48. The molecule has 0 spiro atoms. The third-order valence-corrected chi connectivity index (χ3v) is 6.99. The molecule has 1 saturated heterocycles. The van der Waals surface area contributed by atoms with Crippen LogP contribution in [0.1, 0.15) is 30.7 Å². The highest BCUT2D eigenvalue weighted by Gasteiger charge is 2.46. The summed E-state index contributed by atoms with van der Waals surface area (Å²) in [4.78, 5) is 28.6. The minimum absolute atomic E-state index is 0.278. The lowest BCUT2D eigenvalue weighted by Crippen LogP contribution is -2.59. The van der Waals surface area contributed by atoms with E-state index in [4.69, 9.17) is 0 Å². The van der Waals surface area contributed by atoms with Crippen LogP contribution in [0.15, 0.2) is 30.3 Å². The average molecular weight is 382 g/mol. The maximum absolute atomic E-state index is 12.6. The van der Waals surface area contributed by atoms with Crippen LogP contribution in [-0.2, 0) is 16.1 Å². The molecule has 2 amide bonds. The van der Waals surface area contributed by atoms with Crippen LogP contribution in [0.4, 0.5) is 0 Å². The molecule has 0 atom stereocenters. The molecule has 140 valence electrons. The molecular weight excluding hydrogens is 360 g/mol. The van der Waals surface area contributed by atoms with Gasteiger partial charge in [0.2, 0.25) is 0 Å². The Morgan fingerprint density at radius 1 is 0.963 bits per heavy atom. The normalized spacial score (nSPS) is 25.6. The van der Waals surface area contributed by atoms with E-state index in [9.17, 15) is 9.59 Å². The smallest absolute Gasteiger partial charge is 0.312 e. The van der Waals surface area contributed by atoms with Crippen molar-refractivity contribution in [2.45, 2.75) is 38.3 Å². The van der Waals surface area contributed by atoms with E-state index in [0.717, 1.165) is 40.3 Å². The van der Waals surface area contributed by atoms with Gasteiger partial charge in [0, 0.05) is 24.7 Å². The van der Waals surface area contributed by atoms with Crippen molar-refractivity contribution in [2.75, 3.05) is 13.1 Å². The maximum Gasteiger partial charge on any atom is 0.312 e. The van der Waals surface area contributed by atoms with E-state index in [1.165, 1.54) is 24.2 Å². The fourth-order valence-electron chi connectivity index (χ4n) is 4.20. The number of rotatable bonds is 5. The van der Waals surface area contributed by atoms with Gasteiger partial charge in [0.25, 0.3) is 0 Å². The third-order valence-electron chi connectivity index (χ3n) is 6.03. The number of benzene rings is 1. The van der Waals surface area contributed by atoms with Gasteiger partial charge in [0.1, 0.15) is 10.0 Å². The minimum Gasteiger partial charge on any atom is -0.330 e. The molecule has 2 aromatic rings. The lowest BCUT2D eigenvalue weighted by molar-refractivity contribution is -0.160. The maximum atomic E-state index is 12.6. The first-order valence-corrected chi connectivity index (χ1v) is 10.5. The Balaban J connectivity index is 1.21. The molecule has 0 radical (unpaired) electrons. The van der Waals surface area contributed by atoms with E-state index in [1.807, 2.05) is 35.2 Å². The molecular formula is C20H22N4O2S. The number of nitrogens with zero attached hydrogens (tertiary/aromatic N) is 4. The molecule has 5 rings (SSSR count). The molecule has 2 aliphatic carbocycles. The third kappa shape index (κ3) is 3.25. The molecule has 1 aliphatic heterocycles. The van der Waals surface area contributed by atoms with Gasteiger partial charge in [-0.25, -0.2) is 0 Å². The predicted molar refractivity (Wildman–Crippen MR) is 102 cm³/mol. The van der Waals surface area contributed by atoms with Crippen molar-refractivity contribution in [3.63, 3.8) is 0 Å². The fraction of sp³-hybridized carbons (Fsp3) is 0.500. The second-order valence-electron chi connectivity index (χ2n) is 7.81. The standard InChI is InChI=1S/C20H22N4O2S/c25-19-20(26)24(16-10-15(11-16)13-6-7-13)9-8-23(19)12-17-21-22-18(27-17)14-4-2-1-3-5-14/h1-5,13,15-16H,6-12H2. The molecule has 0 bridgehead atoms. The largest absolute Gasteiger partial charge is 0.330 e. The monoisotopic (exact) mass is 382 g/mol. The molecule has 27 heavy (non-hydrogen) atoms. The summed E-state index contributed by atoms with van der Waals surface area (Å²) in [6, 6.07) is 10.2. The Morgan fingerprint density at radius 2 is 1.74 bits per heavy atom. The first-order valence-electron chi connectivity index (χ1n) is 9.66. The summed E-state index contributed by atoms with van der Waals surface area (Å²) in [5.74, 6) is 0.944. The number of piperazine rings is 1. The zero-order valence-corrected chi connectivity index (χ0v) is 15.9. The van der Waals surface area contributed by atoms with Gasteiger partial charge < -0.3 is 9.80 Å². The lowest BCUT2D eigenvalue weighted by atomic mass is 9.76. The van der Waals surface area contributed by atoms with Crippen molar-refractivity contribution in [2.24, 2.45) is 11.8 Å². The number of carbonyl (C=O) groups is 2. The Morgan fingerprint density at radius 3 is 2.48 bits per heavy atom. The van der Waals surface area contributed by atoms with Crippen LogP contribution in [0.2, 0.25) is 0 Å². The summed E-state index contributed by atoms with van der Waals surface area (Å²) in [6.07, 6.45) is 4.87. The van der Waals surface area contributed by atoms with Gasteiger partial charge in [-0.2, -0.15) is 0 Å². The summed E-state index contributed by atoms with van der Waals surface area (Å²) in [5.41, 5.74) is 1.02. The first kappa shape index (κ1) is 16.9. The highest BCUT2D eigenvalue weighted by Crippen LogP contribution is 2.48. The molecule has 0 N–H and O–H groups in total. The number of carbonyl (C=O) groups excluding carboxylic acids is 2. The van der Waals surface area contributed by atoms with Crippen molar-refractivity contribution < 1.29 is 9.59 Å². The Hall–Kier alpha value is -2.28. The first-order chi connectivity index (χ1) is 13.2. The van der Waals surface area contributed by atoms with E-state index < -0.39 is 5.91 Å². The van der Waals surface area contributed by atoms with E-state index in [1.54, 1.807) is 4.90 Å². The second kappa shape index (κ2) is 6.71. The highest BCUT2D eigenvalue weighted by molar-refractivity contribution is 7.14. The van der Waals surface area contributed by atoms with Gasteiger partial charge >= 0.3 is 11.8 Å². The molecule has 1 aromatic carbocycles. The Labute approximate surface area is 162 Å².